The van der Waals surface area contributed by atoms with Gasteiger partial charge >= 0.3 is 0 Å². The summed E-state index contributed by atoms with van der Waals surface area (Å²) in [6.07, 6.45) is 6.68. The Morgan fingerprint density at radius 3 is 2.60 bits per heavy atom. The maximum atomic E-state index is 10.1. The molecule has 0 aliphatic carbocycles. The normalized spacial score (nSPS) is 31.7. The van der Waals surface area contributed by atoms with E-state index in [0.717, 1.165) is 12.8 Å². The topological polar surface area (TPSA) is 83.2 Å². The van der Waals surface area contributed by atoms with Crippen LogP contribution in [0.2, 0.25) is 1.41 Å². The van der Waals surface area contributed by atoms with Crippen LogP contribution in [-0.4, -0.2) is 63.2 Å². The maximum absolute atomic E-state index is 10.1. The van der Waals surface area contributed by atoms with E-state index >= 15 is 0 Å². The molecular formula is C19H39NO5. The zero-order valence-electron chi connectivity index (χ0n) is 17.4. The van der Waals surface area contributed by atoms with Gasteiger partial charge in [0, 0.05) is 26.7 Å². The van der Waals surface area contributed by atoms with Gasteiger partial charge in [-0.3, -0.25) is 0 Å². The number of nitrogens with two attached hydrogens (primary N) is 1. The SMILES string of the molecule is [3H]N[C@H]1C(O)O[C@H](COC)[C@@H](C)[C@@H]1OCC[C@@H](CCCCCCC)OC. The molecule has 1 aliphatic rings. The number of unbranched alkanes of at least 4 members (excludes halogenated alkanes) is 4. The highest BCUT2D eigenvalue weighted by Crippen LogP contribution is 2.27. The van der Waals surface area contributed by atoms with Crippen molar-refractivity contribution in [2.45, 2.75) is 89.4 Å². The first-order valence-corrected chi connectivity index (χ1v) is 9.73. The van der Waals surface area contributed by atoms with Gasteiger partial charge in [0.25, 0.3) is 0 Å². The van der Waals surface area contributed by atoms with Crippen LogP contribution in [0.5, 0.6) is 0 Å². The molecule has 1 saturated heterocycles. The van der Waals surface area contributed by atoms with Crippen molar-refractivity contribution in [3.63, 3.8) is 0 Å². The molecule has 1 aliphatic heterocycles. The number of hydrogen-bond donors (Lipinski definition) is 2. The lowest BCUT2D eigenvalue weighted by atomic mass is 9.89. The lowest BCUT2D eigenvalue weighted by molar-refractivity contribution is -0.240. The first-order chi connectivity index (χ1) is 12.6. The summed E-state index contributed by atoms with van der Waals surface area (Å²) in [5.41, 5.74) is 2.38. The van der Waals surface area contributed by atoms with E-state index in [-0.39, 0.29) is 24.2 Å². The Hall–Kier alpha value is -0.240. The van der Waals surface area contributed by atoms with E-state index in [4.69, 9.17) is 20.4 Å². The molecule has 0 bridgehead atoms. The van der Waals surface area contributed by atoms with Gasteiger partial charge in [-0.25, -0.2) is 0 Å². The first-order valence-electron chi connectivity index (χ1n) is 10.2. The molecule has 1 rings (SSSR count). The van der Waals surface area contributed by atoms with Gasteiger partial charge in [0.1, 0.15) is 1.41 Å². The van der Waals surface area contributed by atoms with Crippen LogP contribution in [0.25, 0.3) is 0 Å². The van der Waals surface area contributed by atoms with Gasteiger partial charge in [0.05, 0.1) is 31.0 Å². The largest absolute Gasteiger partial charge is 0.382 e. The second-order valence-corrected chi connectivity index (χ2v) is 7.09. The summed E-state index contributed by atoms with van der Waals surface area (Å²) >= 11 is 0. The van der Waals surface area contributed by atoms with Crippen molar-refractivity contribution in [1.29, 1.82) is 0 Å². The minimum atomic E-state index is -1.08. The van der Waals surface area contributed by atoms with Gasteiger partial charge in [-0.05, 0) is 12.8 Å². The second-order valence-electron chi connectivity index (χ2n) is 7.09. The van der Waals surface area contributed by atoms with Crippen LogP contribution in [0, 0.1) is 5.92 Å². The summed E-state index contributed by atoms with van der Waals surface area (Å²) < 4.78 is 29.9. The Morgan fingerprint density at radius 1 is 1.20 bits per heavy atom. The third kappa shape index (κ3) is 7.89. The number of ether oxygens (including phenoxy) is 4. The fourth-order valence-electron chi connectivity index (χ4n) is 3.39. The predicted octanol–water partition coefficient (Wildman–Crippen LogP) is 2.46. The molecule has 1 heterocycles. The minimum absolute atomic E-state index is 0.0104. The van der Waals surface area contributed by atoms with Gasteiger partial charge in [-0.15, -0.1) is 0 Å². The molecular weight excluding hydrogens is 322 g/mol. The van der Waals surface area contributed by atoms with Crippen LogP contribution >= 0.6 is 0 Å². The van der Waals surface area contributed by atoms with Crippen molar-refractivity contribution in [1.82, 2.24) is 0 Å². The molecule has 0 aromatic heterocycles. The fourth-order valence-corrected chi connectivity index (χ4v) is 3.39. The van der Waals surface area contributed by atoms with Crippen LogP contribution in [0.1, 0.15) is 58.8 Å². The Balaban J connectivity index is 2.43. The Bertz CT molecular complexity index is 350. The van der Waals surface area contributed by atoms with Gasteiger partial charge in [0.2, 0.25) is 0 Å². The van der Waals surface area contributed by atoms with Gasteiger partial charge in [-0.1, -0.05) is 46.0 Å². The summed E-state index contributed by atoms with van der Waals surface area (Å²) in [4.78, 5) is 0. The quantitative estimate of drug-likeness (QED) is 0.461. The molecule has 0 amide bonds. The predicted molar refractivity (Wildman–Crippen MR) is 98.4 cm³/mol. The molecule has 6 nitrogen and oxygen atoms in total. The summed E-state index contributed by atoms with van der Waals surface area (Å²) in [6, 6.07) is -0.576. The van der Waals surface area contributed by atoms with Crippen LogP contribution in [0.3, 0.4) is 0 Å². The van der Waals surface area contributed by atoms with Gasteiger partial charge < -0.3 is 29.8 Å². The number of aliphatic hydroxyl groups is 1. The van der Waals surface area contributed by atoms with E-state index in [0.29, 0.717) is 13.2 Å². The molecule has 1 unspecified atom stereocenters. The number of methoxy groups -OCH3 is 2. The van der Waals surface area contributed by atoms with E-state index in [1.165, 1.54) is 32.1 Å². The standard InChI is InChI=1S/C19H39NO5/c1-5-6-7-8-9-10-15(23-4)11-12-24-18-14(2)16(13-22-3)25-19(21)17(18)20/h14-19,21H,5-13,20H2,1-4H3/t14-,15-,16-,17-,18+,19?/m1/s1/i/hT. The van der Waals surface area contributed by atoms with E-state index in [2.05, 4.69) is 12.7 Å². The van der Waals surface area contributed by atoms with Crippen molar-refractivity contribution in [3.05, 3.63) is 0 Å². The van der Waals surface area contributed by atoms with Crippen molar-refractivity contribution in [2.75, 3.05) is 27.4 Å². The Morgan fingerprint density at radius 2 is 1.96 bits per heavy atom. The molecule has 25 heavy (non-hydrogen) atoms. The number of hydrogen-bond acceptors (Lipinski definition) is 6. The molecule has 150 valence electrons. The van der Waals surface area contributed by atoms with Crippen LogP contribution in [0.4, 0.5) is 0 Å². The van der Waals surface area contributed by atoms with Crippen LogP contribution in [0.15, 0.2) is 0 Å². The van der Waals surface area contributed by atoms with E-state index in [1.807, 2.05) is 6.92 Å². The summed E-state index contributed by atoms with van der Waals surface area (Å²) in [7, 11) is 3.36. The average molecular weight is 364 g/mol. The third-order valence-corrected chi connectivity index (χ3v) is 5.12. The second kappa shape index (κ2) is 13.0. The first kappa shape index (κ1) is 21.1. The summed E-state index contributed by atoms with van der Waals surface area (Å²) in [6.45, 7) is 5.15. The smallest absolute Gasteiger partial charge is 0.172 e. The van der Waals surface area contributed by atoms with Crippen molar-refractivity contribution < 1.29 is 25.5 Å². The Kier molecular flexibility index (Phi) is 11.0. The zero-order valence-corrected chi connectivity index (χ0v) is 16.4. The molecule has 0 aromatic carbocycles. The summed E-state index contributed by atoms with van der Waals surface area (Å²) in [5.74, 6) is 0.0104. The molecule has 0 radical (unpaired) electrons. The van der Waals surface area contributed by atoms with E-state index in [1.54, 1.807) is 14.2 Å². The maximum Gasteiger partial charge on any atom is 0.172 e. The van der Waals surface area contributed by atoms with E-state index in [9.17, 15) is 5.11 Å². The van der Waals surface area contributed by atoms with Crippen molar-refractivity contribution in [2.24, 2.45) is 11.6 Å². The number of rotatable bonds is 14. The molecule has 0 saturated carbocycles. The lowest BCUT2D eigenvalue weighted by Gasteiger charge is -2.42. The molecule has 0 aromatic rings. The highest BCUT2D eigenvalue weighted by Gasteiger charge is 2.42. The third-order valence-electron chi connectivity index (χ3n) is 5.12. The van der Waals surface area contributed by atoms with Gasteiger partial charge in [-0.2, -0.15) is 0 Å². The van der Waals surface area contributed by atoms with Crippen LogP contribution < -0.4 is 5.73 Å². The summed E-state index contributed by atoms with van der Waals surface area (Å²) in [5, 5.41) is 10.1. The lowest BCUT2D eigenvalue weighted by Crippen LogP contribution is -2.59. The highest BCUT2D eigenvalue weighted by molar-refractivity contribution is 4.90. The molecule has 0 spiro atoms. The molecule has 6 atom stereocenters. The highest BCUT2D eigenvalue weighted by atomic mass is 16.6. The van der Waals surface area contributed by atoms with Gasteiger partial charge in [0.15, 0.2) is 6.29 Å². The minimum Gasteiger partial charge on any atom is -0.382 e. The van der Waals surface area contributed by atoms with Crippen molar-refractivity contribution in [3.8, 4) is 0 Å². The van der Waals surface area contributed by atoms with Crippen molar-refractivity contribution >= 4 is 0 Å². The van der Waals surface area contributed by atoms with Crippen LogP contribution in [-0.2, 0) is 18.9 Å². The zero-order chi connectivity index (χ0) is 19.4. The molecule has 1 fully saturated rings. The Labute approximate surface area is 154 Å². The monoisotopic (exact) mass is 363 g/mol. The number of aliphatic hydroxyl groups excluding tert-OH is 1. The van der Waals surface area contributed by atoms with E-state index < -0.39 is 12.3 Å². The molecule has 3 N–H and O–H groups in total. The molecule has 6 heteroatoms. The fraction of sp³-hybridized carbons (Fsp3) is 1.00. The average Bonchev–Trinajstić information content (AvgIpc) is 2.63.